The van der Waals surface area contributed by atoms with Crippen molar-refractivity contribution in [3.05, 3.63) is 22.7 Å². The molecule has 0 aliphatic rings. The number of hydrogen-bond donors (Lipinski definition) is 1. The lowest BCUT2D eigenvalue weighted by Gasteiger charge is -2.04. The highest BCUT2D eigenvalue weighted by Crippen LogP contribution is 2.00. The first-order valence-electron chi connectivity index (χ1n) is 4.59. The Hall–Kier alpha value is -1.36. The van der Waals surface area contributed by atoms with Gasteiger partial charge in [0.05, 0.1) is 6.61 Å². The standard InChI is InChI=1S/C9H14N2O3/c1-2-14-8-4-6-11(5-3-7-12)9(13)10-8/h4,6,12H,2-3,5,7H2,1H3. The molecule has 0 aliphatic carbocycles. The van der Waals surface area contributed by atoms with Crippen LogP contribution in [0.15, 0.2) is 17.1 Å². The van der Waals surface area contributed by atoms with Crippen molar-refractivity contribution in [3.63, 3.8) is 0 Å². The van der Waals surface area contributed by atoms with E-state index < -0.39 is 0 Å². The average Bonchev–Trinajstić information content (AvgIpc) is 2.17. The van der Waals surface area contributed by atoms with Gasteiger partial charge in [0, 0.05) is 25.4 Å². The molecule has 1 N–H and O–H groups in total. The molecule has 0 amide bonds. The average molecular weight is 198 g/mol. The molecule has 0 spiro atoms. The number of aliphatic hydroxyl groups excluding tert-OH is 1. The zero-order valence-electron chi connectivity index (χ0n) is 8.14. The summed E-state index contributed by atoms with van der Waals surface area (Å²) in [7, 11) is 0. The van der Waals surface area contributed by atoms with E-state index in [4.69, 9.17) is 9.84 Å². The SMILES string of the molecule is CCOc1ccn(CCCO)c(=O)n1. The number of rotatable bonds is 5. The van der Waals surface area contributed by atoms with Crippen LogP contribution in [0.25, 0.3) is 0 Å². The maximum atomic E-state index is 11.3. The monoisotopic (exact) mass is 198 g/mol. The molecular formula is C9H14N2O3. The molecule has 0 atom stereocenters. The maximum absolute atomic E-state index is 11.3. The second-order valence-electron chi connectivity index (χ2n) is 2.75. The molecule has 0 bridgehead atoms. The van der Waals surface area contributed by atoms with Crippen molar-refractivity contribution in [3.8, 4) is 5.88 Å². The maximum Gasteiger partial charge on any atom is 0.350 e. The van der Waals surface area contributed by atoms with Crippen molar-refractivity contribution in [1.29, 1.82) is 0 Å². The molecule has 1 rings (SSSR count). The highest BCUT2D eigenvalue weighted by Gasteiger charge is 1.99. The molecule has 0 unspecified atom stereocenters. The number of aryl methyl sites for hydroxylation is 1. The molecule has 0 saturated carbocycles. The number of aliphatic hydroxyl groups is 1. The first kappa shape index (κ1) is 10.7. The molecule has 5 nitrogen and oxygen atoms in total. The summed E-state index contributed by atoms with van der Waals surface area (Å²) in [5, 5.41) is 8.60. The first-order valence-corrected chi connectivity index (χ1v) is 4.59. The van der Waals surface area contributed by atoms with Crippen LogP contribution in [0.2, 0.25) is 0 Å². The Balaban J connectivity index is 2.74. The minimum absolute atomic E-state index is 0.0691. The lowest BCUT2D eigenvalue weighted by Crippen LogP contribution is -2.23. The van der Waals surface area contributed by atoms with Gasteiger partial charge in [-0.15, -0.1) is 0 Å². The van der Waals surface area contributed by atoms with E-state index in [0.29, 0.717) is 25.5 Å². The zero-order chi connectivity index (χ0) is 10.4. The summed E-state index contributed by atoms with van der Waals surface area (Å²) in [6, 6.07) is 1.64. The number of aromatic nitrogens is 2. The summed E-state index contributed by atoms with van der Waals surface area (Å²) in [5.74, 6) is 0.345. The van der Waals surface area contributed by atoms with Crippen molar-refractivity contribution >= 4 is 0 Å². The molecule has 1 aromatic rings. The Kier molecular flexibility index (Phi) is 4.12. The smallest absolute Gasteiger partial charge is 0.350 e. The van der Waals surface area contributed by atoms with E-state index in [9.17, 15) is 4.79 Å². The summed E-state index contributed by atoms with van der Waals surface area (Å²) >= 11 is 0. The Morgan fingerprint density at radius 3 is 3.00 bits per heavy atom. The third-order valence-corrected chi connectivity index (χ3v) is 1.70. The lowest BCUT2D eigenvalue weighted by atomic mass is 10.4. The Labute approximate surface area is 82.0 Å². The first-order chi connectivity index (χ1) is 6.77. The molecule has 5 heteroatoms. The van der Waals surface area contributed by atoms with Gasteiger partial charge in [-0.25, -0.2) is 4.79 Å². The lowest BCUT2D eigenvalue weighted by molar-refractivity contribution is 0.277. The molecule has 0 radical (unpaired) electrons. The molecule has 0 aromatic carbocycles. The van der Waals surface area contributed by atoms with Crippen LogP contribution < -0.4 is 10.4 Å². The fourth-order valence-corrected chi connectivity index (χ4v) is 1.05. The van der Waals surface area contributed by atoms with Crippen LogP contribution in [-0.4, -0.2) is 27.9 Å². The molecule has 78 valence electrons. The Morgan fingerprint density at radius 1 is 1.64 bits per heavy atom. The van der Waals surface area contributed by atoms with Crippen molar-refractivity contribution in [2.75, 3.05) is 13.2 Å². The van der Waals surface area contributed by atoms with Crippen LogP contribution in [0.4, 0.5) is 0 Å². The predicted octanol–water partition coefficient (Wildman–Crippen LogP) is 0.0244. The number of hydrogen-bond acceptors (Lipinski definition) is 4. The number of ether oxygens (including phenoxy) is 1. The van der Waals surface area contributed by atoms with E-state index in [1.54, 1.807) is 12.3 Å². The van der Waals surface area contributed by atoms with Crippen LogP contribution in [0, 0.1) is 0 Å². The molecular weight excluding hydrogens is 184 g/mol. The van der Waals surface area contributed by atoms with Gasteiger partial charge in [0.1, 0.15) is 0 Å². The van der Waals surface area contributed by atoms with Crippen molar-refractivity contribution < 1.29 is 9.84 Å². The molecule has 14 heavy (non-hydrogen) atoms. The van der Waals surface area contributed by atoms with E-state index >= 15 is 0 Å². The quantitative estimate of drug-likeness (QED) is 0.724. The Morgan fingerprint density at radius 2 is 2.43 bits per heavy atom. The van der Waals surface area contributed by atoms with Gasteiger partial charge >= 0.3 is 5.69 Å². The summed E-state index contributed by atoms with van der Waals surface area (Å²) in [6.45, 7) is 2.88. The van der Waals surface area contributed by atoms with Crippen LogP contribution >= 0.6 is 0 Å². The summed E-state index contributed by atoms with van der Waals surface area (Å²) in [6.07, 6.45) is 2.17. The fourth-order valence-electron chi connectivity index (χ4n) is 1.05. The predicted molar refractivity (Wildman–Crippen MR) is 51.4 cm³/mol. The molecule has 0 saturated heterocycles. The van der Waals surface area contributed by atoms with Crippen molar-refractivity contribution in [1.82, 2.24) is 9.55 Å². The topological polar surface area (TPSA) is 64.3 Å². The van der Waals surface area contributed by atoms with Gasteiger partial charge in [-0.3, -0.25) is 4.57 Å². The van der Waals surface area contributed by atoms with Crippen molar-refractivity contribution in [2.24, 2.45) is 0 Å². The van der Waals surface area contributed by atoms with Gasteiger partial charge in [-0.2, -0.15) is 4.98 Å². The van der Waals surface area contributed by atoms with Crippen LogP contribution in [0.5, 0.6) is 5.88 Å². The van der Waals surface area contributed by atoms with Gasteiger partial charge in [0.25, 0.3) is 0 Å². The largest absolute Gasteiger partial charge is 0.478 e. The van der Waals surface area contributed by atoms with Gasteiger partial charge in [-0.05, 0) is 13.3 Å². The minimum Gasteiger partial charge on any atom is -0.478 e. The van der Waals surface area contributed by atoms with Crippen LogP contribution in [0.3, 0.4) is 0 Å². The van der Waals surface area contributed by atoms with Gasteiger partial charge in [0.2, 0.25) is 5.88 Å². The van der Waals surface area contributed by atoms with Gasteiger partial charge in [-0.1, -0.05) is 0 Å². The normalized spacial score (nSPS) is 10.1. The molecule has 0 aliphatic heterocycles. The third kappa shape index (κ3) is 2.85. The highest BCUT2D eigenvalue weighted by atomic mass is 16.5. The van der Waals surface area contributed by atoms with Crippen LogP contribution in [-0.2, 0) is 6.54 Å². The Bertz CT molecular complexity index is 335. The second kappa shape index (κ2) is 5.39. The molecule has 1 heterocycles. The van der Waals surface area contributed by atoms with E-state index in [1.807, 2.05) is 6.92 Å². The van der Waals surface area contributed by atoms with Gasteiger partial charge in [0.15, 0.2) is 0 Å². The molecule has 0 fully saturated rings. The fraction of sp³-hybridized carbons (Fsp3) is 0.556. The van der Waals surface area contributed by atoms with E-state index in [0.717, 1.165) is 0 Å². The number of nitrogens with zero attached hydrogens (tertiary/aromatic N) is 2. The van der Waals surface area contributed by atoms with E-state index in [1.165, 1.54) is 4.57 Å². The highest BCUT2D eigenvalue weighted by molar-refractivity contribution is 5.05. The minimum atomic E-state index is -0.343. The summed E-state index contributed by atoms with van der Waals surface area (Å²) in [4.78, 5) is 15.0. The molecule has 1 aromatic heterocycles. The van der Waals surface area contributed by atoms with E-state index in [-0.39, 0.29) is 12.3 Å². The third-order valence-electron chi connectivity index (χ3n) is 1.70. The van der Waals surface area contributed by atoms with Crippen molar-refractivity contribution in [2.45, 2.75) is 19.9 Å². The zero-order valence-corrected chi connectivity index (χ0v) is 8.14. The second-order valence-corrected chi connectivity index (χ2v) is 2.75. The van der Waals surface area contributed by atoms with Gasteiger partial charge < -0.3 is 9.84 Å². The summed E-state index contributed by atoms with van der Waals surface area (Å²) < 4.78 is 6.52. The van der Waals surface area contributed by atoms with Crippen LogP contribution in [0.1, 0.15) is 13.3 Å². The van der Waals surface area contributed by atoms with E-state index in [2.05, 4.69) is 4.98 Å². The summed E-state index contributed by atoms with van der Waals surface area (Å²) in [5.41, 5.74) is -0.343.